The topological polar surface area (TPSA) is 49.4 Å². The van der Waals surface area contributed by atoms with E-state index in [1.54, 1.807) is 4.90 Å². The van der Waals surface area contributed by atoms with E-state index in [2.05, 4.69) is 5.32 Å². The van der Waals surface area contributed by atoms with Crippen LogP contribution in [0.1, 0.15) is 24.0 Å². The van der Waals surface area contributed by atoms with Gasteiger partial charge in [-0.25, -0.2) is 0 Å². The summed E-state index contributed by atoms with van der Waals surface area (Å²) in [6.07, 6.45) is 2.58. The fourth-order valence-electron chi connectivity index (χ4n) is 3.29. The molecule has 2 amide bonds. The first-order valence-electron chi connectivity index (χ1n) is 8.99. The lowest BCUT2D eigenvalue weighted by atomic mass is 10.0. The lowest BCUT2D eigenvalue weighted by Gasteiger charge is -2.35. The number of hydrogen-bond acceptors (Lipinski definition) is 2. The fraction of sp³-hybridized carbons (Fsp3) is 0.333. The Bertz CT molecular complexity index is 746. The molecule has 1 saturated heterocycles. The van der Waals surface area contributed by atoms with Gasteiger partial charge in [-0.05, 0) is 36.1 Å². The van der Waals surface area contributed by atoms with E-state index >= 15 is 0 Å². The number of aryl methyl sites for hydroxylation is 1. The van der Waals surface area contributed by atoms with Crippen molar-refractivity contribution in [3.8, 4) is 0 Å². The zero-order valence-corrected chi connectivity index (χ0v) is 15.4. The van der Waals surface area contributed by atoms with Crippen LogP contribution in [-0.4, -0.2) is 35.8 Å². The largest absolute Gasteiger partial charge is 0.353 e. The average molecular weight is 371 g/mol. The third-order valence-electron chi connectivity index (χ3n) is 4.69. The summed E-state index contributed by atoms with van der Waals surface area (Å²) < 4.78 is 0. The summed E-state index contributed by atoms with van der Waals surface area (Å²) >= 11 is 5.90. The SMILES string of the molecule is O=C1NCCN(C(=O)CCCc2ccc(Cl)cc2)[C@@H]1Cc1ccccc1. The van der Waals surface area contributed by atoms with E-state index in [-0.39, 0.29) is 11.8 Å². The van der Waals surface area contributed by atoms with Crippen molar-refractivity contribution in [2.45, 2.75) is 31.7 Å². The Morgan fingerprint density at radius 2 is 1.81 bits per heavy atom. The van der Waals surface area contributed by atoms with Crippen LogP contribution >= 0.6 is 11.6 Å². The Morgan fingerprint density at radius 1 is 1.08 bits per heavy atom. The smallest absolute Gasteiger partial charge is 0.243 e. The summed E-state index contributed by atoms with van der Waals surface area (Å²) in [5, 5.41) is 3.59. The minimum atomic E-state index is -0.422. The van der Waals surface area contributed by atoms with E-state index in [1.165, 1.54) is 5.56 Å². The van der Waals surface area contributed by atoms with Crippen molar-refractivity contribution in [2.75, 3.05) is 13.1 Å². The number of hydrogen-bond donors (Lipinski definition) is 1. The van der Waals surface area contributed by atoms with Gasteiger partial charge in [0.2, 0.25) is 11.8 Å². The third kappa shape index (κ3) is 4.85. The zero-order chi connectivity index (χ0) is 18.4. The van der Waals surface area contributed by atoms with Crippen LogP contribution in [0.25, 0.3) is 0 Å². The minimum absolute atomic E-state index is 0.0507. The minimum Gasteiger partial charge on any atom is -0.353 e. The highest BCUT2D eigenvalue weighted by atomic mass is 35.5. The monoisotopic (exact) mass is 370 g/mol. The second kappa shape index (κ2) is 8.86. The van der Waals surface area contributed by atoms with Gasteiger partial charge in [0, 0.05) is 31.0 Å². The molecule has 4 nitrogen and oxygen atoms in total. The molecule has 0 bridgehead atoms. The number of nitrogens with zero attached hydrogens (tertiary/aromatic N) is 1. The van der Waals surface area contributed by atoms with E-state index in [4.69, 9.17) is 11.6 Å². The van der Waals surface area contributed by atoms with Crippen LogP contribution in [0.15, 0.2) is 54.6 Å². The second-order valence-electron chi connectivity index (χ2n) is 6.56. The van der Waals surface area contributed by atoms with Crippen molar-refractivity contribution in [3.63, 3.8) is 0 Å². The number of carbonyl (C=O) groups is 2. The van der Waals surface area contributed by atoms with Crippen LogP contribution in [0, 0.1) is 0 Å². The molecule has 5 heteroatoms. The predicted molar refractivity (Wildman–Crippen MR) is 103 cm³/mol. The quantitative estimate of drug-likeness (QED) is 0.848. The first-order valence-corrected chi connectivity index (χ1v) is 9.37. The standard InChI is InChI=1S/C21H23ClN2O2/c22-18-11-9-16(10-12-18)7-4-8-20(25)24-14-13-23-21(26)19(24)15-17-5-2-1-3-6-17/h1-3,5-6,9-12,19H,4,7-8,13-15H2,(H,23,26)/t19-/m1/s1. The van der Waals surface area contributed by atoms with Gasteiger partial charge in [0.15, 0.2) is 0 Å². The fourth-order valence-corrected chi connectivity index (χ4v) is 3.42. The molecule has 3 rings (SSSR count). The summed E-state index contributed by atoms with van der Waals surface area (Å²) in [5.41, 5.74) is 2.23. The van der Waals surface area contributed by atoms with Crippen LogP contribution in [0.3, 0.4) is 0 Å². The summed E-state index contributed by atoms with van der Waals surface area (Å²) in [6.45, 7) is 1.09. The van der Waals surface area contributed by atoms with Crippen molar-refractivity contribution in [1.29, 1.82) is 0 Å². The van der Waals surface area contributed by atoms with E-state index in [1.807, 2.05) is 54.6 Å². The Hall–Kier alpha value is -2.33. The van der Waals surface area contributed by atoms with Gasteiger partial charge in [0.05, 0.1) is 0 Å². The van der Waals surface area contributed by atoms with Gasteiger partial charge in [-0.3, -0.25) is 9.59 Å². The van der Waals surface area contributed by atoms with Gasteiger partial charge >= 0.3 is 0 Å². The number of halogens is 1. The molecule has 26 heavy (non-hydrogen) atoms. The first kappa shape index (κ1) is 18.5. The molecule has 1 N–H and O–H groups in total. The zero-order valence-electron chi connectivity index (χ0n) is 14.7. The van der Waals surface area contributed by atoms with Crippen LogP contribution in [-0.2, 0) is 22.4 Å². The van der Waals surface area contributed by atoms with Gasteiger partial charge in [0.1, 0.15) is 6.04 Å². The molecule has 1 aliphatic rings. The summed E-state index contributed by atoms with van der Waals surface area (Å²) in [6, 6.07) is 17.1. The molecule has 136 valence electrons. The molecule has 1 aliphatic heterocycles. The number of piperazine rings is 1. The molecule has 0 spiro atoms. The molecular formula is C21H23ClN2O2. The molecule has 0 aliphatic carbocycles. The van der Waals surface area contributed by atoms with Crippen LogP contribution < -0.4 is 5.32 Å². The van der Waals surface area contributed by atoms with E-state index in [9.17, 15) is 9.59 Å². The molecular weight excluding hydrogens is 348 g/mol. The average Bonchev–Trinajstić information content (AvgIpc) is 2.66. The Balaban J connectivity index is 1.58. The third-order valence-corrected chi connectivity index (χ3v) is 4.94. The number of rotatable bonds is 6. The maximum Gasteiger partial charge on any atom is 0.243 e. The highest BCUT2D eigenvalue weighted by Crippen LogP contribution is 2.16. The number of benzene rings is 2. The Kier molecular flexibility index (Phi) is 6.29. The van der Waals surface area contributed by atoms with Crippen molar-refractivity contribution in [1.82, 2.24) is 10.2 Å². The molecule has 0 aromatic heterocycles. The molecule has 2 aromatic rings. The molecule has 0 saturated carbocycles. The van der Waals surface area contributed by atoms with E-state index in [0.29, 0.717) is 31.0 Å². The molecule has 1 atom stereocenters. The normalized spacial score (nSPS) is 17.0. The van der Waals surface area contributed by atoms with Crippen molar-refractivity contribution in [3.05, 3.63) is 70.7 Å². The van der Waals surface area contributed by atoms with Gasteiger partial charge in [-0.1, -0.05) is 54.1 Å². The number of nitrogens with one attached hydrogen (secondary N) is 1. The highest BCUT2D eigenvalue weighted by Gasteiger charge is 2.32. The number of amides is 2. The molecule has 1 fully saturated rings. The van der Waals surface area contributed by atoms with Gasteiger partial charge in [-0.15, -0.1) is 0 Å². The number of carbonyl (C=O) groups excluding carboxylic acids is 2. The van der Waals surface area contributed by atoms with Crippen molar-refractivity contribution in [2.24, 2.45) is 0 Å². The molecule has 0 radical (unpaired) electrons. The second-order valence-corrected chi connectivity index (χ2v) is 7.00. The Morgan fingerprint density at radius 3 is 2.54 bits per heavy atom. The van der Waals surface area contributed by atoms with E-state index in [0.717, 1.165) is 18.4 Å². The van der Waals surface area contributed by atoms with Gasteiger partial charge in [0.25, 0.3) is 0 Å². The summed E-state index contributed by atoms with van der Waals surface area (Å²) in [7, 11) is 0. The molecule has 1 heterocycles. The highest BCUT2D eigenvalue weighted by molar-refractivity contribution is 6.30. The van der Waals surface area contributed by atoms with Crippen LogP contribution in [0.4, 0.5) is 0 Å². The first-order chi connectivity index (χ1) is 12.6. The van der Waals surface area contributed by atoms with E-state index < -0.39 is 6.04 Å². The molecule has 0 unspecified atom stereocenters. The predicted octanol–water partition coefficient (Wildman–Crippen LogP) is 3.23. The van der Waals surface area contributed by atoms with Crippen LogP contribution in [0.5, 0.6) is 0 Å². The van der Waals surface area contributed by atoms with Crippen molar-refractivity contribution >= 4 is 23.4 Å². The van der Waals surface area contributed by atoms with Crippen LogP contribution in [0.2, 0.25) is 5.02 Å². The Labute approximate surface area is 159 Å². The molecule has 2 aromatic carbocycles. The lowest BCUT2D eigenvalue weighted by molar-refractivity contribution is -0.143. The van der Waals surface area contributed by atoms with Gasteiger partial charge in [-0.2, -0.15) is 0 Å². The maximum atomic E-state index is 12.7. The van der Waals surface area contributed by atoms with Crippen molar-refractivity contribution < 1.29 is 9.59 Å². The maximum absolute atomic E-state index is 12.7. The summed E-state index contributed by atoms with van der Waals surface area (Å²) in [4.78, 5) is 26.8. The summed E-state index contributed by atoms with van der Waals surface area (Å²) in [5.74, 6) is -0.0131. The van der Waals surface area contributed by atoms with Gasteiger partial charge < -0.3 is 10.2 Å². The lowest BCUT2D eigenvalue weighted by Crippen LogP contribution is -2.58.